The van der Waals surface area contributed by atoms with Crippen LogP contribution in [0.2, 0.25) is 0 Å². The maximum absolute atomic E-state index is 13.5. The molecule has 0 saturated carbocycles. The number of pyridine rings is 1. The van der Waals surface area contributed by atoms with E-state index in [0.29, 0.717) is 22.3 Å². The molecule has 0 amide bonds. The van der Waals surface area contributed by atoms with Gasteiger partial charge in [0.25, 0.3) is 0 Å². The molecule has 3 aromatic heterocycles. The van der Waals surface area contributed by atoms with Gasteiger partial charge in [0.15, 0.2) is 5.65 Å². The first-order valence-corrected chi connectivity index (χ1v) is 5.24. The van der Waals surface area contributed by atoms with Crippen molar-refractivity contribution in [3.8, 4) is 11.1 Å². The van der Waals surface area contributed by atoms with Crippen molar-refractivity contribution in [1.82, 2.24) is 24.6 Å². The highest BCUT2D eigenvalue weighted by atomic mass is 19.1. The lowest BCUT2D eigenvalue weighted by Gasteiger charge is -2.07. The van der Waals surface area contributed by atoms with Crippen molar-refractivity contribution in [3.05, 3.63) is 36.3 Å². The molecule has 0 saturated heterocycles. The first-order chi connectivity index (χ1) is 8.68. The number of fused-ring (bicyclic) bond motifs is 1. The van der Waals surface area contributed by atoms with E-state index in [4.69, 9.17) is 5.73 Å². The van der Waals surface area contributed by atoms with Crippen molar-refractivity contribution in [2.75, 3.05) is 5.73 Å². The van der Waals surface area contributed by atoms with Crippen molar-refractivity contribution >= 4 is 11.6 Å². The van der Waals surface area contributed by atoms with Gasteiger partial charge in [-0.25, -0.2) is 9.97 Å². The third kappa shape index (κ3) is 1.41. The van der Waals surface area contributed by atoms with Gasteiger partial charge in [0.05, 0.1) is 0 Å². The Morgan fingerprint density at radius 1 is 1.28 bits per heavy atom. The number of nitrogens with two attached hydrogens (primary N) is 1. The summed E-state index contributed by atoms with van der Waals surface area (Å²) in [6.45, 7) is 1.65. The van der Waals surface area contributed by atoms with Gasteiger partial charge in [-0.05, 0) is 18.6 Å². The van der Waals surface area contributed by atoms with E-state index >= 15 is 0 Å². The predicted octanol–water partition coefficient (Wildman–Crippen LogP) is 1.22. The lowest BCUT2D eigenvalue weighted by molar-refractivity contribution is 0.575. The number of nitrogen functional groups attached to an aromatic ring is 1. The number of aromatic nitrogens is 5. The Hall–Kier alpha value is -2.57. The predicted molar refractivity (Wildman–Crippen MR) is 63.1 cm³/mol. The number of rotatable bonds is 1. The monoisotopic (exact) mass is 244 g/mol. The first kappa shape index (κ1) is 10.6. The van der Waals surface area contributed by atoms with Gasteiger partial charge in [0.1, 0.15) is 6.33 Å². The van der Waals surface area contributed by atoms with Crippen LogP contribution >= 0.6 is 0 Å². The van der Waals surface area contributed by atoms with E-state index in [0.717, 1.165) is 0 Å². The minimum atomic E-state index is -0.512. The molecule has 6 nitrogen and oxygen atoms in total. The van der Waals surface area contributed by atoms with Gasteiger partial charge >= 0.3 is 0 Å². The Kier molecular flexibility index (Phi) is 2.19. The molecular formula is C11H9FN6. The minimum absolute atomic E-state index is 0.283. The Labute approximate surface area is 101 Å². The summed E-state index contributed by atoms with van der Waals surface area (Å²) in [4.78, 5) is 7.64. The van der Waals surface area contributed by atoms with Gasteiger partial charge in [-0.2, -0.15) is 4.39 Å². The van der Waals surface area contributed by atoms with Crippen molar-refractivity contribution in [2.45, 2.75) is 6.92 Å². The molecule has 0 aliphatic rings. The van der Waals surface area contributed by atoms with Crippen LogP contribution in [-0.4, -0.2) is 24.6 Å². The third-order valence-corrected chi connectivity index (χ3v) is 2.79. The molecule has 3 heterocycles. The van der Waals surface area contributed by atoms with Crippen LogP contribution in [0.1, 0.15) is 5.56 Å². The standard InChI is InChI=1S/C11H9FN6/c1-6-7(2-3-14-9(6)12)8-4-15-11(13)18-5-16-17-10(8)18/h2-5H,1H3,(H2,13,15). The molecular weight excluding hydrogens is 235 g/mol. The maximum atomic E-state index is 13.5. The highest BCUT2D eigenvalue weighted by Gasteiger charge is 2.13. The van der Waals surface area contributed by atoms with Crippen LogP contribution in [0.15, 0.2) is 24.8 Å². The van der Waals surface area contributed by atoms with Gasteiger partial charge in [0, 0.05) is 23.5 Å². The van der Waals surface area contributed by atoms with Gasteiger partial charge in [0.2, 0.25) is 11.9 Å². The SMILES string of the molecule is Cc1c(-c2cnc(N)n3cnnc23)ccnc1F. The summed E-state index contributed by atoms with van der Waals surface area (Å²) in [5.74, 6) is -0.229. The van der Waals surface area contributed by atoms with Crippen molar-refractivity contribution in [3.63, 3.8) is 0 Å². The van der Waals surface area contributed by atoms with Crippen molar-refractivity contribution in [1.29, 1.82) is 0 Å². The molecule has 3 rings (SSSR count). The van der Waals surface area contributed by atoms with Crippen LogP contribution in [0.4, 0.5) is 10.3 Å². The van der Waals surface area contributed by atoms with E-state index in [9.17, 15) is 4.39 Å². The van der Waals surface area contributed by atoms with E-state index in [1.54, 1.807) is 23.6 Å². The molecule has 3 aromatic rings. The van der Waals surface area contributed by atoms with E-state index in [-0.39, 0.29) is 5.95 Å². The molecule has 0 bridgehead atoms. The van der Waals surface area contributed by atoms with Crippen LogP contribution in [-0.2, 0) is 0 Å². The van der Waals surface area contributed by atoms with E-state index in [2.05, 4.69) is 20.2 Å². The summed E-state index contributed by atoms with van der Waals surface area (Å²) in [5.41, 5.74) is 8.02. The normalized spacial score (nSPS) is 11.0. The molecule has 90 valence electrons. The summed E-state index contributed by atoms with van der Waals surface area (Å²) in [6, 6.07) is 1.71. The Balaban J connectivity index is 2.35. The second-order valence-electron chi connectivity index (χ2n) is 3.83. The molecule has 0 unspecified atom stereocenters. The zero-order valence-electron chi connectivity index (χ0n) is 9.50. The number of nitrogens with zero attached hydrogens (tertiary/aromatic N) is 5. The summed E-state index contributed by atoms with van der Waals surface area (Å²) < 4.78 is 15.0. The summed E-state index contributed by atoms with van der Waals surface area (Å²) >= 11 is 0. The third-order valence-electron chi connectivity index (χ3n) is 2.79. The smallest absolute Gasteiger partial charge is 0.216 e. The quantitative estimate of drug-likeness (QED) is 0.651. The van der Waals surface area contributed by atoms with Crippen LogP contribution < -0.4 is 5.73 Å². The summed E-state index contributed by atoms with van der Waals surface area (Å²) in [5, 5.41) is 7.76. The van der Waals surface area contributed by atoms with Gasteiger partial charge in [-0.1, -0.05) is 0 Å². The molecule has 18 heavy (non-hydrogen) atoms. The molecule has 0 radical (unpaired) electrons. The number of halogens is 1. The average Bonchev–Trinajstić information content (AvgIpc) is 2.84. The van der Waals surface area contributed by atoms with Gasteiger partial charge < -0.3 is 5.73 Å². The van der Waals surface area contributed by atoms with E-state index in [1.165, 1.54) is 12.5 Å². The zero-order valence-corrected chi connectivity index (χ0v) is 9.50. The lowest BCUT2D eigenvalue weighted by atomic mass is 10.1. The molecule has 0 aromatic carbocycles. The van der Waals surface area contributed by atoms with Crippen molar-refractivity contribution in [2.24, 2.45) is 0 Å². The van der Waals surface area contributed by atoms with Crippen molar-refractivity contribution < 1.29 is 4.39 Å². The lowest BCUT2D eigenvalue weighted by Crippen LogP contribution is -2.01. The summed E-state index contributed by atoms with van der Waals surface area (Å²) in [6.07, 6.45) is 4.43. The Bertz CT molecular complexity index is 735. The van der Waals surface area contributed by atoms with Crippen LogP contribution in [0.3, 0.4) is 0 Å². The summed E-state index contributed by atoms with van der Waals surface area (Å²) in [7, 11) is 0. The highest BCUT2D eigenvalue weighted by Crippen LogP contribution is 2.27. The minimum Gasteiger partial charge on any atom is -0.369 e. The fourth-order valence-corrected chi connectivity index (χ4v) is 1.83. The molecule has 2 N–H and O–H groups in total. The molecule has 0 fully saturated rings. The first-order valence-electron chi connectivity index (χ1n) is 5.24. The van der Waals surface area contributed by atoms with Crippen LogP contribution in [0.25, 0.3) is 16.8 Å². The van der Waals surface area contributed by atoms with Gasteiger partial charge in [-0.15, -0.1) is 10.2 Å². The Morgan fingerprint density at radius 2 is 2.11 bits per heavy atom. The average molecular weight is 244 g/mol. The number of hydrogen-bond acceptors (Lipinski definition) is 5. The number of anilines is 1. The van der Waals surface area contributed by atoms with Crippen LogP contribution in [0.5, 0.6) is 0 Å². The topological polar surface area (TPSA) is 82.0 Å². The molecule has 7 heteroatoms. The molecule has 0 aliphatic heterocycles. The fourth-order valence-electron chi connectivity index (χ4n) is 1.83. The molecule has 0 atom stereocenters. The van der Waals surface area contributed by atoms with Crippen LogP contribution in [0, 0.1) is 12.9 Å². The molecule has 0 aliphatic carbocycles. The van der Waals surface area contributed by atoms with Gasteiger partial charge in [-0.3, -0.25) is 4.40 Å². The largest absolute Gasteiger partial charge is 0.369 e. The fraction of sp³-hybridized carbons (Fsp3) is 0.0909. The second kappa shape index (κ2) is 3.73. The Morgan fingerprint density at radius 3 is 2.94 bits per heavy atom. The van der Waals surface area contributed by atoms with E-state index < -0.39 is 5.95 Å². The zero-order chi connectivity index (χ0) is 12.7. The number of hydrogen-bond donors (Lipinski definition) is 1. The second-order valence-corrected chi connectivity index (χ2v) is 3.83. The van der Waals surface area contributed by atoms with E-state index in [1.807, 2.05) is 0 Å². The highest BCUT2D eigenvalue weighted by molar-refractivity contribution is 5.79. The molecule has 0 spiro atoms. The maximum Gasteiger partial charge on any atom is 0.216 e.